The fraction of sp³-hybridized carbons (Fsp3) is 0.615. The van der Waals surface area contributed by atoms with Crippen molar-refractivity contribution in [2.24, 2.45) is 0 Å². The van der Waals surface area contributed by atoms with Gasteiger partial charge in [-0.15, -0.1) is 0 Å². The molecule has 2 rings (SSSR count). The maximum Gasteiger partial charge on any atom is 0.417 e. The average Bonchev–Trinajstić information content (AvgIpc) is 2.35. The number of morpholine rings is 1. The van der Waals surface area contributed by atoms with Crippen molar-refractivity contribution in [3.63, 3.8) is 0 Å². The van der Waals surface area contributed by atoms with Crippen LogP contribution >= 0.6 is 0 Å². The topological polar surface area (TPSA) is 37.4 Å². The molecule has 0 saturated carbocycles. The van der Waals surface area contributed by atoms with Gasteiger partial charge in [-0.3, -0.25) is 4.98 Å². The molecule has 0 bridgehead atoms. The highest BCUT2D eigenvalue weighted by Gasteiger charge is 2.30. The fourth-order valence-electron chi connectivity index (χ4n) is 2.20. The lowest BCUT2D eigenvalue weighted by Crippen LogP contribution is -2.51. The number of ether oxygens (including phenoxy) is 1. The number of pyridine rings is 1. The molecule has 4 nitrogen and oxygen atoms in total. The number of nitrogens with one attached hydrogen (secondary N) is 1. The average molecular weight is 289 g/mol. The highest BCUT2D eigenvalue weighted by molar-refractivity contribution is 5.16. The minimum atomic E-state index is -4.34. The van der Waals surface area contributed by atoms with E-state index in [9.17, 15) is 13.2 Å². The third kappa shape index (κ3) is 4.16. The van der Waals surface area contributed by atoms with Gasteiger partial charge in [0.1, 0.15) is 0 Å². The van der Waals surface area contributed by atoms with Crippen LogP contribution in [0.3, 0.4) is 0 Å². The zero-order valence-corrected chi connectivity index (χ0v) is 11.4. The summed E-state index contributed by atoms with van der Waals surface area (Å²) >= 11 is 0. The Hall–Kier alpha value is -1.18. The largest absolute Gasteiger partial charge is 0.417 e. The predicted molar refractivity (Wildman–Crippen MR) is 67.7 cm³/mol. The molecule has 1 aromatic rings. The van der Waals surface area contributed by atoms with E-state index in [4.69, 9.17) is 4.74 Å². The van der Waals surface area contributed by atoms with Crippen LogP contribution in [-0.2, 0) is 17.5 Å². The summed E-state index contributed by atoms with van der Waals surface area (Å²) in [7, 11) is 0. The Labute approximate surface area is 115 Å². The number of rotatable bonds is 3. The number of hydrogen-bond donors (Lipinski definition) is 1. The maximum absolute atomic E-state index is 12.4. The zero-order valence-electron chi connectivity index (χ0n) is 11.4. The minimum Gasteiger partial charge on any atom is -0.373 e. The molecule has 7 heteroatoms. The molecule has 0 aliphatic carbocycles. The van der Waals surface area contributed by atoms with Crippen LogP contribution in [0.25, 0.3) is 0 Å². The van der Waals surface area contributed by atoms with Crippen molar-refractivity contribution in [1.82, 2.24) is 15.4 Å². The van der Waals surface area contributed by atoms with Crippen molar-refractivity contribution in [1.29, 1.82) is 0 Å². The van der Waals surface area contributed by atoms with Crippen molar-refractivity contribution in [2.45, 2.75) is 38.8 Å². The van der Waals surface area contributed by atoms with Gasteiger partial charge in [0.2, 0.25) is 0 Å². The van der Waals surface area contributed by atoms with Gasteiger partial charge < -0.3 is 4.74 Å². The fourth-order valence-corrected chi connectivity index (χ4v) is 2.20. The molecule has 0 aromatic carbocycles. The van der Waals surface area contributed by atoms with Gasteiger partial charge in [0.15, 0.2) is 0 Å². The number of hydrogen-bond acceptors (Lipinski definition) is 4. The van der Waals surface area contributed by atoms with Gasteiger partial charge in [0, 0.05) is 19.3 Å². The number of hydrazine groups is 1. The van der Waals surface area contributed by atoms with E-state index < -0.39 is 11.7 Å². The van der Waals surface area contributed by atoms with Crippen LogP contribution in [0.5, 0.6) is 0 Å². The molecule has 1 aliphatic rings. The van der Waals surface area contributed by atoms with Crippen LogP contribution < -0.4 is 5.43 Å². The summed E-state index contributed by atoms with van der Waals surface area (Å²) in [5.74, 6) is 0. The molecule has 112 valence electrons. The van der Waals surface area contributed by atoms with Crippen molar-refractivity contribution in [3.05, 3.63) is 29.6 Å². The standard InChI is InChI=1S/C13H18F3N3O/c1-9-7-19(8-10(2)20-9)18-6-12-4-3-11(5-17-12)13(14,15)16/h3-5,9-10,18H,6-8H2,1-2H3/t9-,10+. The van der Waals surface area contributed by atoms with E-state index >= 15 is 0 Å². The monoisotopic (exact) mass is 289 g/mol. The smallest absolute Gasteiger partial charge is 0.373 e. The first-order valence-electron chi connectivity index (χ1n) is 6.50. The van der Waals surface area contributed by atoms with Crippen LogP contribution in [0.15, 0.2) is 18.3 Å². The summed E-state index contributed by atoms with van der Waals surface area (Å²) in [5.41, 5.74) is 3.01. The first-order valence-corrected chi connectivity index (χ1v) is 6.50. The van der Waals surface area contributed by atoms with Gasteiger partial charge in [-0.1, -0.05) is 0 Å². The normalized spacial score (nSPS) is 24.9. The van der Waals surface area contributed by atoms with Crippen molar-refractivity contribution < 1.29 is 17.9 Å². The molecular formula is C13H18F3N3O. The molecule has 0 amide bonds. The molecule has 1 aromatic heterocycles. The van der Waals surface area contributed by atoms with E-state index in [-0.39, 0.29) is 12.2 Å². The molecule has 1 aliphatic heterocycles. The van der Waals surface area contributed by atoms with E-state index in [0.29, 0.717) is 12.2 Å². The third-order valence-corrected chi connectivity index (χ3v) is 3.06. The van der Waals surface area contributed by atoms with Gasteiger partial charge in [-0.2, -0.15) is 13.2 Å². The summed E-state index contributed by atoms with van der Waals surface area (Å²) in [5, 5.41) is 2.01. The summed E-state index contributed by atoms with van der Waals surface area (Å²) in [6.07, 6.45) is -3.21. The number of alkyl halides is 3. The number of halogens is 3. The molecule has 0 unspecified atom stereocenters. The molecule has 2 heterocycles. The van der Waals surface area contributed by atoms with Crippen molar-refractivity contribution in [3.8, 4) is 0 Å². The Morgan fingerprint density at radius 1 is 1.30 bits per heavy atom. The van der Waals surface area contributed by atoms with E-state index in [1.54, 1.807) is 0 Å². The Morgan fingerprint density at radius 3 is 2.45 bits per heavy atom. The molecule has 1 fully saturated rings. The van der Waals surface area contributed by atoms with Crippen LogP contribution in [0.4, 0.5) is 13.2 Å². The van der Waals surface area contributed by atoms with Gasteiger partial charge in [-0.05, 0) is 26.0 Å². The summed E-state index contributed by atoms with van der Waals surface area (Å²) < 4.78 is 42.8. The summed E-state index contributed by atoms with van der Waals surface area (Å²) in [6.45, 7) is 5.86. The summed E-state index contributed by atoms with van der Waals surface area (Å²) in [6, 6.07) is 2.44. The van der Waals surface area contributed by atoms with Crippen LogP contribution in [-0.4, -0.2) is 35.3 Å². The molecule has 20 heavy (non-hydrogen) atoms. The SMILES string of the molecule is C[C@@H]1CN(NCc2ccc(C(F)(F)F)cn2)C[C@H](C)O1. The highest BCUT2D eigenvalue weighted by atomic mass is 19.4. The Morgan fingerprint density at radius 2 is 1.95 bits per heavy atom. The van der Waals surface area contributed by atoms with E-state index in [1.807, 2.05) is 18.9 Å². The first kappa shape index (κ1) is 15.2. The lowest BCUT2D eigenvalue weighted by Gasteiger charge is -2.35. The van der Waals surface area contributed by atoms with Crippen molar-refractivity contribution >= 4 is 0 Å². The minimum absolute atomic E-state index is 0.131. The number of aromatic nitrogens is 1. The zero-order chi connectivity index (χ0) is 14.8. The lowest BCUT2D eigenvalue weighted by molar-refractivity contribution is -0.137. The van der Waals surface area contributed by atoms with E-state index in [0.717, 1.165) is 25.4 Å². The quantitative estimate of drug-likeness (QED) is 0.926. The molecule has 1 saturated heterocycles. The van der Waals surface area contributed by atoms with Crippen LogP contribution in [0, 0.1) is 0 Å². The Kier molecular flexibility index (Phi) is 4.62. The lowest BCUT2D eigenvalue weighted by atomic mass is 10.2. The molecule has 1 N–H and O–H groups in total. The second kappa shape index (κ2) is 6.07. The molecule has 2 atom stereocenters. The molecule has 0 radical (unpaired) electrons. The van der Waals surface area contributed by atoms with E-state index in [1.165, 1.54) is 6.07 Å². The Bertz CT molecular complexity index is 425. The maximum atomic E-state index is 12.4. The number of nitrogens with zero attached hydrogens (tertiary/aromatic N) is 2. The third-order valence-electron chi connectivity index (χ3n) is 3.06. The van der Waals surface area contributed by atoms with Gasteiger partial charge in [0.25, 0.3) is 0 Å². The molecular weight excluding hydrogens is 271 g/mol. The van der Waals surface area contributed by atoms with Crippen molar-refractivity contribution in [2.75, 3.05) is 13.1 Å². The van der Waals surface area contributed by atoms with Gasteiger partial charge in [0.05, 0.1) is 30.0 Å². The first-order chi connectivity index (χ1) is 9.34. The van der Waals surface area contributed by atoms with Gasteiger partial charge in [-0.25, -0.2) is 10.4 Å². The van der Waals surface area contributed by atoms with Crippen LogP contribution in [0.2, 0.25) is 0 Å². The predicted octanol–water partition coefficient (Wildman–Crippen LogP) is 2.21. The summed E-state index contributed by atoms with van der Waals surface area (Å²) in [4.78, 5) is 3.83. The highest BCUT2D eigenvalue weighted by Crippen LogP contribution is 2.28. The second-order valence-corrected chi connectivity index (χ2v) is 5.03. The molecule has 0 spiro atoms. The Balaban J connectivity index is 1.88. The van der Waals surface area contributed by atoms with Gasteiger partial charge >= 0.3 is 6.18 Å². The second-order valence-electron chi connectivity index (χ2n) is 5.03. The van der Waals surface area contributed by atoms with Crippen LogP contribution in [0.1, 0.15) is 25.1 Å². The van der Waals surface area contributed by atoms with E-state index in [2.05, 4.69) is 10.4 Å².